The number of aliphatic hydroxyl groups excluding tert-OH is 1. The Hall–Kier alpha value is -1.52. The molecule has 0 bridgehead atoms. The van der Waals surface area contributed by atoms with E-state index in [9.17, 15) is 4.79 Å². The first-order valence-electron chi connectivity index (χ1n) is 5.24. The summed E-state index contributed by atoms with van der Waals surface area (Å²) in [5.41, 5.74) is 1.50. The van der Waals surface area contributed by atoms with Crippen molar-refractivity contribution in [1.29, 1.82) is 0 Å². The van der Waals surface area contributed by atoms with Crippen molar-refractivity contribution in [2.45, 2.75) is 6.42 Å². The number of carbonyl (C=O) groups excluding carboxylic acids is 1. The van der Waals surface area contributed by atoms with Gasteiger partial charge in [-0.1, -0.05) is 11.6 Å². The maximum absolute atomic E-state index is 11.5. The van der Waals surface area contributed by atoms with Crippen LogP contribution in [-0.2, 0) is 11.2 Å². The molecule has 17 heavy (non-hydrogen) atoms. The van der Waals surface area contributed by atoms with Crippen LogP contribution in [0.15, 0.2) is 28.9 Å². The van der Waals surface area contributed by atoms with E-state index < -0.39 is 0 Å². The van der Waals surface area contributed by atoms with Gasteiger partial charge < -0.3 is 14.8 Å². The number of benzene rings is 1. The van der Waals surface area contributed by atoms with Crippen LogP contribution in [0.25, 0.3) is 11.0 Å². The largest absolute Gasteiger partial charge is 0.464 e. The van der Waals surface area contributed by atoms with Crippen LogP contribution < -0.4 is 5.32 Å². The second-order valence-electron chi connectivity index (χ2n) is 3.65. The van der Waals surface area contributed by atoms with E-state index >= 15 is 0 Å². The molecule has 1 aromatic carbocycles. The van der Waals surface area contributed by atoms with Crippen LogP contribution in [0.4, 0.5) is 0 Å². The van der Waals surface area contributed by atoms with Crippen LogP contribution >= 0.6 is 11.6 Å². The predicted molar refractivity (Wildman–Crippen MR) is 65.0 cm³/mol. The molecule has 0 fully saturated rings. The van der Waals surface area contributed by atoms with Gasteiger partial charge in [-0.15, -0.1) is 0 Å². The van der Waals surface area contributed by atoms with Crippen molar-refractivity contribution in [2.24, 2.45) is 0 Å². The van der Waals surface area contributed by atoms with Crippen molar-refractivity contribution in [3.8, 4) is 0 Å². The van der Waals surface area contributed by atoms with Crippen LogP contribution in [0.5, 0.6) is 0 Å². The van der Waals surface area contributed by atoms with Gasteiger partial charge in [0.05, 0.1) is 19.3 Å². The first-order valence-corrected chi connectivity index (χ1v) is 5.61. The molecule has 2 N–H and O–H groups in total. The molecular formula is C12H12ClNO3. The van der Waals surface area contributed by atoms with Gasteiger partial charge in [-0.05, 0) is 18.2 Å². The molecule has 0 radical (unpaired) electrons. The zero-order chi connectivity index (χ0) is 12.3. The molecule has 0 saturated heterocycles. The molecule has 1 aromatic heterocycles. The number of hydrogen-bond donors (Lipinski definition) is 2. The van der Waals surface area contributed by atoms with Crippen molar-refractivity contribution in [2.75, 3.05) is 13.2 Å². The van der Waals surface area contributed by atoms with Crippen LogP contribution in [0, 0.1) is 0 Å². The van der Waals surface area contributed by atoms with Gasteiger partial charge in [0.15, 0.2) is 0 Å². The Kier molecular flexibility index (Phi) is 3.66. The third kappa shape index (κ3) is 2.78. The van der Waals surface area contributed by atoms with Gasteiger partial charge in [-0.25, -0.2) is 0 Å². The summed E-state index contributed by atoms with van der Waals surface area (Å²) in [6.45, 7) is 0.194. The lowest BCUT2D eigenvalue weighted by Crippen LogP contribution is -2.27. The molecule has 2 rings (SSSR count). The summed E-state index contributed by atoms with van der Waals surface area (Å²) in [7, 11) is 0. The molecule has 5 heteroatoms. The van der Waals surface area contributed by atoms with Gasteiger partial charge in [0.25, 0.3) is 0 Å². The Morgan fingerprint density at radius 1 is 1.47 bits per heavy atom. The zero-order valence-electron chi connectivity index (χ0n) is 9.07. The smallest absolute Gasteiger partial charge is 0.224 e. The van der Waals surface area contributed by atoms with Crippen LogP contribution in [-0.4, -0.2) is 24.2 Å². The van der Waals surface area contributed by atoms with E-state index in [4.69, 9.17) is 21.1 Å². The molecule has 1 amide bonds. The van der Waals surface area contributed by atoms with Crippen molar-refractivity contribution in [1.82, 2.24) is 5.32 Å². The lowest BCUT2D eigenvalue weighted by atomic mass is 10.1. The van der Waals surface area contributed by atoms with Gasteiger partial charge in [0.2, 0.25) is 5.91 Å². The van der Waals surface area contributed by atoms with E-state index in [0.717, 1.165) is 10.9 Å². The number of amides is 1. The first kappa shape index (κ1) is 12.0. The number of fused-ring (bicyclic) bond motifs is 1. The van der Waals surface area contributed by atoms with E-state index in [1.807, 2.05) is 0 Å². The third-order valence-corrected chi connectivity index (χ3v) is 2.64. The molecule has 1 heterocycles. The average Bonchev–Trinajstić information content (AvgIpc) is 2.69. The van der Waals surface area contributed by atoms with E-state index in [2.05, 4.69) is 5.32 Å². The predicted octanol–water partition coefficient (Wildman–Crippen LogP) is 1.74. The molecule has 0 aliphatic rings. The van der Waals surface area contributed by atoms with Crippen molar-refractivity contribution in [3.05, 3.63) is 35.0 Å². The summed E-state index contributed by atoms with van der Waals surface area (Å²) < 4.78 is 5.32. The van der Waals surface area contributed by atoms with E-state index in [-0.39, 0.29) is 25.5 Å². The van der Waals surface area contributed by atoms with Crippen molar-refractivity contribution >= 4 is 28.5 Å². The molecule has 0 spiro atoms. The second kappa shape index (κ2) is 5.21. The number of nitrogens with one attached hydrogen (secondary N) is 1. The maximum Gasteiger partial charge on any atom is 0.224 e. The summed E-state index contributed by atoms with van der Waals surface area (Å²) in [6.07, 6.45) is 1.77. The number of hydrogen-bond acceptors (Lipinski definition) is 3. The molecule has 90 valence electrons. The maximum atomic E-state index is 11.5. The molecule has 0 unspecified atom stereocenters. The van der Waals surface area contributed by atoms with E-state index in [1.54, 1.807) is 24.5 Å². The Balaban J connectivity index is 2.18. The molecule has 0 atom stereocenters. The average molecular weight is 254 g/mol. The molecule has 0 aliphatic carbocycles. The minimum absolute atomic E-state index is 0.0658. The fourth-order valence-corrected chi connectivity index (χ4v) is 1.79. The van der Waals surface area contributed by atoms with Crippen LogP contribution in [0.2, 0.25) is 5.02 Å². The summed E-state index contributed by atoms with van der Waals surface area (Å²) in [5, 5.41) is 12.6. The molecule has 4 nitrogen and oxygen atoms in total. The van der Waals surface area contributed by atoms with Gasteiger partial charge >= 0.3 is 0 Å². The summed E-state index contributed by atoms with van der Waals surface area (Å²) in [5.74, 6) is -0.151. The lowest BCUT2D eigenvalue weighted by Gasteiger charge is -2.01. The highest BCUT2D eigenvalue weighted by molar-refractivity contribution is 6.31. The van der Waals surface area contributed by atoms with Gasteiger partial charge in [0, 0.05) is 22.5 Å². The standard InChI is InChI=1S/C12H12ClNO3/c13-9-1-2-11-10(6-9)8(7-17-11)5-12(16)14-3-4-15/h1-2,6-7,15H,3-5H2,(H,14,16). The second-order valence-corrected chi connectivity index (χ2v) is 4.09. The van der Waals surface area contributed by atoms with Gasteiger partial charge in [-0.2, -0.15) is 0 Å². The Bertz CT molecular complexity index is 536. The zero-order valence-corrected chi connectivity index (χ0v) is 9.83. The van der Waals surface area contributed by atoms with Crippen LogP contribution in [0.1, 0.15) is 5.56 Å². The van der Waals surface area contributed by atoms with Gasteiger partial charge in [0.1, 0.15) is 5.58 Å². The lowest BCUT2D eigenvalue weighted by molar-refractivity contribution is -0.120. The summed E-state index contributed by atoms with van der Waals surface area (Å²) in [4.78, 5) is 11.5. The first-order chi connectivity index (χ1) is 8.20. The monoisotopic (exact) mass is 253 g/mol. The highest BCUT2D eigenvalue weighted by Gasteiger charge is 2.10. The Labute approximate surface area is 103 Å². The van der Waals surface area contributed by atoms with E-state index in [1.165, 1.54) is 0 Å². The molecule has 2 aromatic rings. The third-order valence-electron chi connectivity index (χ3n) is 2.40. The molecule has 0 saturated carbocycles. The minimum Gasteiger partial charge on any atom is -0.464 e. The number of halogens is 1. The fraction of sp³-hybridized carbons (Fsp3) is 0.250. The summed E-state index contributed by atoms with van der Waals surface area (Å²) in [6, 6.07) is 5.28. The van der Waals surface area contributed by atoms with E-state index in [0.29, 0.717) is 10.6 Å². The van der Waals surface area contributed by atoms with Gasteiger partial charge in [-0.3, -0.25) is 4.79 Å². The molecular weight excluding hydrogens is 242 g/mol. The normalized spacial score (nSPS) is 10.7. The highest BCUT2D eigenvalue weighted by Crippen LogP contribution is 2.24. The number of furan rings is 1. The fourth-order valence-electron chi connectivity index (χ4n) is 1.62. The van der Waals surface area contributed by atoms with Crippen molar-refractivity contribution in [3.63, 3.8) is 0 Å². The summed E-state index contributed by atoms with van der Waals surface area (Å²) >= 11 is 5.89. The van der Waals surface area contributed by atoms with Crippen LogP contribution in [0.3, 0.4) is 0 Å². The molecule has 0 aliphatic heterocycles. The Morgan fingerprint density at radius 2 is 2.29 bits per heavy atom. The van der Waals surface area contributed by atoms with Crippen molar-refractivity contribution < 1.29 is 14.3 Å². The topological polar surface area (TPSA) is 62.5 Å². The quantitative estimate of drug-likeness (QED) is 0.872. The SMILES string of the molecule is O=C(Cc1coc2ccc(Cl)cc12)NCCO. The Morgan fingerprint density at radius 3 is 3.06 bits per heavy atom. The highest BCUT2D eigenvalue weighted by atomic mass is 35.5. The minimum atomic E-state index is -0.151. The number of rotatable bonds is 4. The number of carbonyl (C=O) groups is 1. The number of aliphatic hydroxyl groups is 1.